The Bertz CT molecular complexity index is 768. The standard InChI is InChI=1S/C21H23NO3/c1-2-4-15(5-3-1)17-14-21(8-10-22-11-9-21)25-19-16(17)6-7-18-20(19)24-13-12-23-18/h1-7,17,22H,8-14H2. The molecule has 5 rings (SSSR count). The number of benzene rings is 2. The van der Waals surface area contributed by atoms with E-state index in [1.54, 1.807) is 0 Å². The van der Waals surface area contributed by atoms with Gasteiger partial charge in [0.15, 0.2) is 11.5 Å². The van der Waals surface area contributed by atoms with Crippen molar-refractivity contribution in [3.05, 3.63) is 53.6 Å². The molecule has 1 N–H and O–H groups in total. The topological polar surface area (TPSA) is 39.7 Å². The van der Waals surface area contributed by atoms with Crippen LogP contribution < -0.4 is 19.5 Å². The Morgan fingerprint density at radius 2 is 1.68 bits per heavy atom. The van der Waals surface area contributed by atoms with E-state index < -0.39 is 0 Å². The second-order valence-electron chi connectivity index (χ2n) is 7.21. The second kappa shape index (κ2) is 5.95. The average molecular weight is 337 g/mol. The van der Waals surface area contributed by atoms with Crippen LogP contribution in [-0.2, 0) is 0 Å². The Kier molecular flexibility index (Phi) is 3.59. The van der Waals surface area contributed by atoms with Crippen LogP contribution in [0.5, 0.6) is 17.2 Å². The first-order valence-corrected chi connectivity index (χ1v) is 9.22. The van der Waals surface area contributed by atoms with E-state index in [-0.39, 0.29) is 5.60 Å². The lowest BCUT2D eigenvalue weighted by Gasteiger charge is -2.45. The van der Waals surface area contributed by atoms with Crippen molar-refractivity contribution in [2.45, 2.75) is 30.8 Å². The van der Waals surface area contributed by atoms with Gasteiger partial charge in [0, 0.05) is 11.5 Å². The van der Waals surface area contributed by atoms with Crippen LogP contribution in [0, 0.1) is 0 Å². The van der Waals surface area contributed by atoms with Gasteiger partial charge in [0.1, 0.15) is 18.8 Å². The van der Waals surface area contributed by atoms with Gasteiger partial charge in [0.25, 0.3) is 0 Å². The molecule has 4 nitrogen and oxygen atoms in total. The molecule has 3 heterocycles. The molecule has 2 aromatic rings. The molecule has 0 amide bonds. The van der Waals surface area contributed by atoms with Crippen LogP contribution >= 0.6 is 0 Å². The molecule has 0 bridgehead atoms. The number of rotatable bonds is 1. The van der Waals surface area contributed by atoms with Crippen LogP contribution in [0.1, 0.15) is 36.3 Å². The number of hydrogen-bond acceptors (Lipinski definition) is 4. The molecule has 1 unspecified atom stereocenters. The SMILES string of the molecule is c1ccc(C2CC3(CCNCC3)Oc3c2ccc2c3OCCO2)cc1. The Labute approximate surface area is 148 Å². The molecule has 0 saturated carbocycles. The van der Waals surface area contributed by atoms with Gasteiger partial charge in [0.2, 0.25) is 5.75 Å². The Morgan fingerprint density at radius 1 is 0.880 bits per heavy atom. The highest BCUT2D eigenvalue weighted by Gasteiger charge is 2.44. The van der Waals surface area contributed by atoms with E-state index in [2.05, 4.69) is 41.7 Å². The first kappa shape index (κ1) is 15.1. The third-order valence-corrected chi connectivity index (χ3v) is 5.68. The highest BCUT2D eigenvalue weighted by Crippen LogP contribution is 2.53. The third-order valence-electron chi connectivity index (χ3n) is 5.68. The lowest BCUT2D eigenvalue weighted by atomic mass is 9.75. The summed E-state index contributed by atoms with van der Waals surface area (Å²) in [6.45, 7) is 3.19. The number of fused-ring (bicyclic) bond motifs is 3. The summed E-state index contributed by atoms with van der Waals surface area (Å²) in [6, 6.07) is 15.0. The largest absolute Gasteiger partial charge is 0.486 e. The predicted octanol–water partition coefficient (Wildman–Crippen LogP) is 3.49. The quantitative estimate of drug-likeness (QED) is 0.865. The fourth-order valence-electron chi connectivity index (χ4n) is 4.40. The van der Waals surface area contributed by atoms with E-state index in [4.69, 9.17) is 14.2 Å². The Balaban J connectivity index is 1.65. The molecular formula is C21H23NO3. The zero-order valence-corrected chi connectivity index (χ0v) is 14.3. The molecule has 25 heavy (non-hydrogen) atoms. The first-order valence-electron chi connectivity index (χ1n) is 9.22. The highest BCUT2D eigenvalue weighted by atomic mass is 16.6. The van der Waals surface area contributed by atoms with E-state index in [0.717, 1.165) is 49.6 Å². The summed E-state index contributed by atoms with van der Waals surface area (Å²) in [5.74, 6) is 2.84. The molecule has 0 radical (unpaired) electrons. The summed E-state index contributed by atoms with van der Waals surface area (Å²) in [4.78, 5) is 0. The minimum absolute atomic E-state index is 0.116. The molecule has 4 heteroatoms. The van der Waals surface area contributed by atoms with E-state index in [1.165, 1.54) is 11.1 Å². The number of piperidine rings is 1. The third kappa shape index (κ3) is 2.56. The minimum Gasteiger partial charge on any atom is -0.486 e. The summed E-state index contributed by atoms with van der Waals surface area (Å²) in [5.41, 5.74) is 2.45. The van der Waals surface area contributed by atoms with Crippen LogP contribution in [0.15, 0.2) is 42.5 Å². The van der Waals surface area contributed by atoms with Crippen LogP contribution in [-0.4, -0.2) is 31.9 Å². The van der Waals surface area contributed by atoms with Gasteiger partial charge in [0.05, 0.1) is 0 Å². The predicted molar refractivity (Wildman–Crippen MR) is 95.8 cm³/mol. The minimum atomic E-state index is -0.116. The van der Waals surface area contributed by atoms with Crippen LogP contribution in [0.4, 0.5) is 0 Å². The van der Waals surface area contributed by atoms with Gasteiger partial charge >= 0.3 is 0 Å². The van der Waals surface area contributed by atoms with Gasteiger partial charge in [-0.15, -0.1) is 0 Å². The molecule has 1 spiro atoms. The maximum absolute atomic E-state index is 6.67. The van der Waals surface area contributed by atoms with Crippen LogP contribution in [0.2, 0.25) is 0 Å². The molecule has 3 aliphatic rings. The molecule has 130 valence electrons. The van der Waals surface area contributed by atoms with E-state index in [0.29, 0.717) is 19.1 Å². The Morgan fingerprint density at radius 3 is 2.52 bits per heavy atom. The zero-order valence-electron chi connectivity index (χ0n) is 14.3. The van der Waals surface area contributed by atoms with Gasteiger partial charge in [-0.05, 0) is 44.0 Å². The van der Waals surface area contributed by atoms with Gasteiger partial charge < -0.3 is 19.5 Å². The number of nitrogens with one attached hydrogen (secondary N) is 1. The van der Waals surface area contributed by atoms with Crippen molar-refractivity contribution in [1.82, 2.24) is 5.32 Å². The maximum atomic E-state index is 6.67. The molecule has 1 atom stereocenters. The molecule has 2 aromatic carbocycles. The van der Waals surface area contributed by atoms with Crippen molar-refractivity contribution in [2.24, 2.45) is 0 Å². The second-order valence-corrected chi connectivity index (χ2v) is 7.21. The summed E-state index contributed by atoms with van der Waals surface area (Å²) in [5, 5.41) is 3.46. The van der Waals surface area contributed by atoms with Crippen molar-refractivity contribution in [2.75, 3.05) is 26.3 Å². The molecular weight excluding hydrogens is 314 g/mol. The average Bonchev–Trinajstić information content (AvgIpc) is 2.69. The van der Waals surface area contributed by atoms with Gasteiger partial charge in [-0.3, -0.25) is 0 Å². The van der Waals surface area contributed by atoms with E-state index in [1.807, 2.05) is 6.07 Å². The first-order chi connectivity index (χ1) is 12.3. The molecule has 0 aromatic heterocycles. The Hall–Kier alpha value is -2.20. The lowest BCUT2D eigenvalue weighted by molar-refractivity contribution is 0.00624. The van der Waals surface area contributed by atoms with Gasteiger partial charge in [-0.1, -0.05) is 36.4 Å². The molecule has 1 fully saturated rings. The fraction of sp³-hybridized carbons (Fsp3) is 0.429. The van der Waals surface area contributed by atoms with Crippen molar-refractivity contribution in [1.29, 1.82) is 0 Å². The number of hydrogen-bond donors (Lipinski definition) is 1. The van der Waals surface area contributed by atoms with Crippen molar-refractivity contribution in [3.63, 3.8) is 0 Å². The summed E-state index contributed by atoms with van der Waals surface area (Å²) < 4.78 is 18.4. The fourth-order valence-corrected chi connectivity index (χ4v) is 4.40. The van der Waals surface area contributed by atoms with Crippen LogP contribution in [0.3, 0.4) is 0 Å². The summed E-state index contributed by atoms with van der Waals surface area (Å²) >= 11 is 0. The normalized spacial score (nSPS) is 23.6. The van der Waals surface area contributed by atoms with Gasteiger partial charge in [-0.2, -0.15) is 0 Å². The van der Waals surface area contributed by atoms with Gasteiger partial charge in [-0.25, -0.2) is 0 Å². The smallest absolute Gasteiger partial charge is 0.204 e. The summed E-state index contributed by atoms with van der Waals surface area (Å²) in [7, 11) is 0. The molecule has 0 aliphatic carbocycles. The zero-order chi connectivity index (χ0) is 16.7. The van der Waals surface area contributed by atoms with E-state index >= 15 is 0 Å². The highest BCUT2D eigenvalue weighted by molar-refractivity contribution is 5.60. The molecule has 1 saturated heterocycles. The van der Waals surface area contributed by atoms with E-state index in [9.17, 15) is 0 Å². The van der Waals surface area contributed by atoms with Crippen LogP contribution in [0.25, 0.3) is 0 Å². The summed E-state index contributed by atoms with van der Waals surface area (Å²) in [6.07, 6.45) is 3.08. The monoisotopic (exact) mass is 337 g/mol. The molecule has 3 aliphatic heterocycles. The number of ether oxygens (including phenoxy) is 3. The lowest BCUT2D eigenvalue weighted by Crippen LogP contribution is -2.49. The van der Waals surface area contributed by atoms with Crippen molar-refractivity contribution < 1.29 is 14.2 Å². The van der Waals surface area contributed by atoms with Crippen molar-refractivity contribution in [3.8, 4) is 17.2 Å². The maximum Gasteiger partial charge on any atom is 0.204 e. The van der Waals surface area contributed by atoms with Crippen molar-refractivity contribution >= 4 is 0 Å².